The van der Waals surface area contributed by atoms with Crippen molar-refractivity contribution in [2.75, 3.05) is 26.4 Å². The van der Waals surface area contributed by atoms with Crippen LogP contribution in [0.1, 0.15) is 75.3 Å². The number of unbranched alkanes of at least 4 members (excludes halogenated alkanes) is 2. The molecule has 2 aromatic carbocycles. The number of benzene rings is 2. The first-order valence-electron chi connectivity index (χ1n) is 14.9. The Morgan fingerprint density at radius 2 is 0.933 bits per heavy atom. The molecule has 0 unspecified atom stereocenters. The zero-order valence-corrected chi connectivity index (χ0v) is 25.6. The molecule has 3 rings (SSSR count). The summed E-state index contributed by atoms with van der Waals surface area (Å²) in [6.07, 6.45) is 10.6. The maximum absolute atomic E-state index is 10.1. The number of rotatable bonds is 14. The first-order valence-corrected chi connectivity index (χ1v) is 14.9. The number of carboxylic acid groups (broad SMARTS) is 2. The lowest BCUT2D eigenvalue weighted by atomic mass is 9.83. The van der Waals surface area contributed by atoms with Crippen LogP contribution in [0.5, 0.6) is 0 Å². The van der Waals surface area contributed by atoms with E-state index in [1.807, 2.05) is 24.3 Å². The molecule has 0 saturated heterocycles. The Labute approximate surface area is 263 Å². The number of carbonyl (C=O) groups excluding carboxylic acids is 2. The van der Waals surface area contributed by atoms with E-state index in [0.717, 1.165) is 56.1 Å². The van der Waals surface area contributed by atoms with Crippen LogP contribution < -0.4 is 0 Å². The normalized spacial score (nSPS) is 14.8. The number of carboxylic acids is 2. The monoisotopic (exact) mass is 630 g/mol. The minimum Gasteiger partial charge on any atom is -0.481 e. The van der Waals surface area contributed by atoms with Gasteiger partial charge in [0, 0.05) is 39.3 Å². The molecule has 248 valence electrons. The number of aliphatic carboxylic acids is 2. The van der Waals surface area contributed by atoms with E-state index in [9.17, 15) is 19.2 Å². The van der Waals surface area contributed by atoms with Crippen LogP contribution in [0.25, 0.3) is 0 Å². The van der Waals surface area contributed by atoms with Crippen LogP contribution in [0.15, 0.2) is 58.5 Å². The third kappa shape index (κ3) is 23.1. The van der Waals surface area contributed by atoms with E-state index in [-0.39, 0.29) is 26.1 Å². The number of carbonyl (C=O) groups is 2. The van der Waals surface area contributed by atoms with Gasteiger partial charge in [-0.25, -0.2) is 9.59 Å². The van der Waals surface area contributed by atoms with Gasteiger partial charge >= 0.3 is 11.9 Å². The van der Waals surface area contributed by atoms with Gasteiger partial charge in [0.05, 0.1) is 11.4 Å². The predicted molar refractivity (Wildman–Crippen MR) is 168 cm³/mol. The second-order valence-electron chi connectivity index (χ2n) is 10.3. The highest BCUT2D eigenvalue weighted by molar-refractivity contribution is 5.68. The number of aliphatic hydroxyl groups excluding tert-OH is 4. The Morgan fingerprint density at radius 3 is 1.18 bits per heavy atom. The molecule has 0 bridgehead atoms. The minimum atomic E-state index is -0.870. The second kappa shape index (κ2) is 27.5. The van der Waals surface area contributed by atoms with Gasteiger partial charge in [0.15, 0.2) is 0 Å². The molecule has 0 amide bonds. The maximum atomic E-state index is 10.1. The van der Waals surface area contributed by atoms with Crippen LogP contribution in [0.3, 0.4) is 0 Å². The molecular weight excluding hydrogens is 584 g/mol. The molecule has 2 aromatic rings. The number of aliphatic imine (C=N–C) groups is 2. The van der Waals surface area contributed by atoms with E-state index in [1.165, 1.54) is 12.2 Å². The highest BCUT2D eigenvalue weighted by Gasteiger charge is 2.19. The lowest BCUT2D eigenvalue weighted by Gasteiger charge is -2.25. The summed E-state index contributed by atoms with van der Waals surface area (Å²) in [6.45, 7) is 1.05. The van der Waals surface area contributed by atoms with Gasteiger partial charge in [-0.15, -0.1) is 0 Å². The zero-order chi connectivity index (χ0) is 33.7. The molecule has 1 aliphatic carbocycles. The van der Waals surface area contributed by atoms with Crippen molar-refractivity contribution in [3.05, 3.63) is 59.7 Å². The summed E-state index contributed by atoms with van der Waals surface area (Å²) in [5, 5.41) is 50.0. The molecule has 0 aromatic heterocycles. The molecule has 12 nitrogen and oxygen atoms in total. The van der Waals surface area contributed by atoms with Gasteiger partial charge in [-0.3, -0.25) is 9.59 Å². The number of aliphatic hydroxyl groups is 4. The lowest BCUT2D eigenvalue weighted by molar-refractivity contribution is -0.139. The molecule has 0 atom stereocenters. The van der Waals surface area contributed by atoms with E-state index >= 15 is 0 Å². The summed E-state index contributed by atoms with van der Waals surface area (Å²) in [6, 6.07) is 14.7. The highest BCUT2D eigenvalue weighted by Crippen LogP contribution is 2.27. The second-order valence-corrected chi connectivity index (χ2v) is 10.3. The predicted octanol–water partition coefficient (Wildman–Crippen LogP) is 4.46. The fourth-order valence-corrected chi connectivity index (χ4v) is 4.09. The van der Waals surface area contributed by atoms with Gasteiger partial charge in [-0.2, -0.15) is 9.98 Å². The van der Waals surface area contributed by atoms with Crippen LogP contribution >= 0.6 is 0 Å². The maximum Gasteiger partial charge on any atom is 0.303 e. The Balaban J connectivity index is 0.000000634. The van der Waals surface area contributed by atoms with Crippen molar-refractivity contribution < 1.29 is 49.8 Å². The summed E-state index contributed by atoms with van der Waals surface area (Å²) in [4.78, 5) is 47.1. The Bertz CT molecular complexity index is 1060. The van der Waals surface area contributed by atoms with Crippen LogP contribution in [0.2, 0.25) is 0 Å². The summed E-state index contributed by atoms with van der Waals surface area (Å²) < 4.78 is 0. The Kier molecular flexibility index (Phi) is 25.1. The molecular formula is C33H46N2O10. The Hall–Kier alpha value is -4.02. The molecule has 6 N–H and O–H groups in total. The topological polar surface area (TPSA) is 214 Å². The summed E-state index contributed by atoms with van der Waals surface area (Å²) in [7, 11) is 0. The fourth-order valence-electron chi connectivity index (χ4n) is 4.09. The van der Waals surface area contributed by atoms with Crippen molar-refractivity contribution in [3.8, 4) is 0 Å². The van der Waals surface area contributed by atoms with Crippen molar-refractivity contribution in [1.82, 2.24) is 0 Å². The van der Waals surface area contributed by atoms with E-state index in [1.54, 1.807) is 24.3 Å². The van der Waals surface area contributed by atoms with E-state index in [4.69, 9.17) is 30.6 Å². The largest absolute Gasteiger partial charge is 0.481 e. The molecule has 0 spiro atoms. The van der Waals surface area contributed by atoms with Gasteiger partial charge < -0.3 is 30.6 Å². The average molecular weight is 631 g/mol. The summed E-state index contributed by atoms with van der Waals surface area (Å²) >= 11 is 0. The number of isocyanates is 2. The van der Waals surface area contributed by atoms with Gasteiger partial charge in [-0.1, -0.05) is 24.3 Å². The van der Waals surface area contributed by atoms with Crippen molar-refractivity contribution in [3.63, 3.8) is 0 Å². The fraction of sp³-hybridized carbons (Fsp3) is 0.515. The average Bonchev–Trinajstić information content (AvgIpc) is 3.05. The van der Waals surface area contributed by atoms with Crippen LogP contribution in [0.4, 0.5) is 11.4 Å². The smallest absolute Gasteiger partial charge is 0.303 e. The molecule has 1 saturated carbocycles. The van der Waals surface area contributed by atoms with Crippen LogP contribution in [-0.4, -0.2) is 81.2 Å². The van der Waals surface area contributed by atoms with Crippen molar-refractivity contribution in [2.45, 2.75) is 70.6 Å². The van der Waals surface area contributed by atoms with Crippen LogP contribution in [0, 0.1) is 11.8 Å². The van der Waals surface area contributed by atoms with Gasteiger partial charge in [0.2, 0.25) is 12.2 Å². The molecule has 1 aliphatic rings. The Morgan fingerprint density at radius 1 is 0.600 bits per heavy atom. The highest BCUT2D eigenvalue weighted by atomic mass is 16.4. The number of hydrogen-bond acceptors (Lipinski definition) is 10. The van der Waals surface area contributed by atoms with Gasteiger partial charge in [-0.05, 0) is 105 Å². The molecule has 0 radical (unpaired) electrons. The molecule has 1 fully saturated rings. The van der Waals surface area contributed by atoms with E-state index in [2.05, 4.69) is 9.98 Å². The van der Waals surface area contributed by atoms with Gasteiger partial charge in [0.1, 0.15) is 0 Å². The number of nitrogens with zero attached hydrogens (tertiary/aromatic N) is 2. The minimum absolute atomic E-state index is 0.0628. The van der Waals surface area contributed by atoms with E-state index in [0.29, 0.717) is 49.3 Å². The van der Waals surface area contributed by atoms with Crippen molar-refractivity contribution in [2.24, 2.45) is 21.8 Å². The van der Waals surface area contributed by atoms with Crippen molar-refractivity contribution >= 4 is 35.5 Å². The summed E-state index contributed by atoms with van der Waals surface area (Å²) in [5.41, 5.74) is 3.40. The molecule has 0 heterocycles. The first-order chi connectivity index (χ1) is 21.7. The lowest BCUT2D eigenvalue weighted by Crippen LogP contribution is -2.19. The molecule has 45 heavy (non-hydrogen) atoms. The number of hydrogen-bond donors (Lipinski definition) is 6. The first kappa shape index (κ1) is 41.0. The molecule has 0 aliphatic heterocycles. The van der Waals surface area contributed by atoms with Gasteiger partial charge in [0.25, 0.3) is 0 Å². The van der Waals surface area contributed by atoms with Crippen molar-refractivity contribution in [1.29, 1.82) is 0 Å². The zero-order valence-electron chi connectivity index (χ0n) is 25.6. The van der Waals surface area contributed by atoms with Crippen LogP contribution in [-0.2, 0) is 25.6 Å². The third-order valence-electron chi connectivity index (χ3n) is 6.71. The third-order valence-corrected chi connectivity index (χ3v) is 6.71. The standard InChI is InChI=1S/C15H10N2O2.C8H16O2.C6H10O4.C4H10O2/c18-10-16-14-5-1-12(2-6-14)9-13-3-7-15(8-4-13)17-11-19;9-5-7-1-2-8(6-10)4-3-7;7-5(8)3-1-2-4-6(9)10;5-3-1-2-4-6/h1-8H,9H2;7-10H,1-6H2;1-4H2,(H,7,8)(H,9,10);5-6H,1-4H2. The summed E-state index contributed by atoms with van der Waals surface area (Å²) in [5.74, 6) is -0.707. The SMILES string of the molecule is O=C(O)CCCCC(=O)O.O=C=Nc1ccc(Cc2ccc(N=C=O)cc2)cc1.OCC1CCC(CO)CC1.OCCCCO. The molecule has 12 heteroatoms. The quantitative estimate of drug-likeness (QED) is 0.0979. The van der Waals surface area contributed by atoms with E-state index < -0.39 is 11.9 Å².